The second-order valence-electron chi connectivity index (χ2n) is 4.86. The average molecular weight is 283 g/mol. The highest BCUT2D eigenvalue weighted by atomic mass is 35.5. The van der Waals surface area contributed by atoms with E-state index in [0.29, 0.717) is 13.0 Å². The van der Waals surface area contributed by atoms with E-state index in [4.69, 9.17) is 11.6 Å². The summed E-state index contributed by atoms with van der Waals surface area (Å²) >= 11 is 5.95. The van der Waals surface area contributed by atoms with Crippen molar-refractivity contribution in [1.29, 1.82) is 0 Å². The minimum atomic E-state index is 0.0974. The summed E-state index contributed by atoms with van der Waals surface area (Å²) in [7, 11) is 0. The third-order valence-electron chi connectivity index (χ3n) is 3.17. The predicted octanol–water partition coefficient (Wildman–Crippen LogP) is 3.30. The Morgan fingerprint density at radius 3 is 2.74 bits per heavy atom. The molecule has 2 atom stereocenters. The molecule has 2 unspecified atom stereocenters. The van der Waals surface area contributed by atoms with Crippen LogP contribution in [0.5, 0.6) is 0 Å². The molecule has 1 aromatic carbocycles. The van der Waals surface area contributed by atoms with E-state index < -0.39 is 0 Å². The van der Waals surface area contributed by atoms with Gasteiger partial charge in [0.15, 0.2) is 0 Å². The molecule has 0 saturated heterocycles. The van der Waals surface area contributed by atoms with Crippen LogP contribution < -0.4 is 10.6 Å². The molecule has 0 spiro atoms. The van der Waals surface area contributed by atoms with E-state index in [9.17, 15) is 4.79 Å². The number of benzene rings is 1. The molecule has 2 N–H and O–H groups in total. The summed E-state index contributed by atoms with van der Waals surface area (Å²) in [5.74, 6) is 0.0974. The highest BCUT2D eigenvalue weighted by molar-refractivity contribution is 6.30. The summed E-state index contributed by atoms with van der Waals surface area (Å²) in [6.45, 7) is 6.80. The molecular formula is C15H23ClN2O. The van der Waals surface area contributed by atoms with Crippen LogP contribution >= 0.6 is 11.6 Å². The molecule has 0 aliphatic carbocycles. The van der Waals surface area contributed by atoms with Crippen molar-refractivity contribution in [2.45, 2.75) is 45.7 Å². The number of rotatable bonds is 7. The quantitative estimate of drug-likeness (QED) is 0.806. The average Bonchev–Trinajstić information content (AvgIpc) is 2.38. The first-order valence-corrected chi connectivity index (χ1v) is 7.19. The maximum absolute atomic E-state index is 11.6. The van der Waals surface area contributed by atoms with Gasteiger partial charge in [-0.25, -0.2) is 0 Å². The van der Waals surface area contributed by atoms with E-state index in [0.717, 1.165) is 17.0 Å². The Hall–Kier alpha value is -1.06. The van der Waals surface area contributed by atoms with Crippen LogP contribution in [-0.4, -0.2) is 18.5 Å². The first-order chi connectivity index (χ1) is 9.02. The largest absolute Gasteiger partial charge is 0.354 e. The summed E-state index contributed by atoms with van der Waals surface area (Å²) in [5.41, 5.74) is 1.13. The molecule has 19 heavy (non-hydrogen) atoms. The number of amides is 1. The van der Waals surface area contributed by atoms with Crippen molar-refractivity contribution in [3.05, 3.63) is 34.9 Å². The Balaban J connectivity index is 2.31. The van der Waals surface area contributed by atoms with Gasteiger partial charge in [0.25, 0.3) is 0 Å². The Morgan fingerprint density at radius 1 is 1.37 bits per heavy atom. The van der Waals surface area contributed by atoms with Gasteiger partial charge in [-0.15, -0.1) is 0 Å². The number of hydrogen-bond donors (Lipinski definition) is 2. The normalized spacial score (nSPS) is 13.9. The summed E-state index contributed by atoms with van der Waals surface area (Å²) in [6.07, 6.45) is 1.45. The molecule has 0 aliphatic rings. The first-order valence-electron chi connectivity index (χ1n) is 6.81. The number of nitrogens with one attached hydrogen (secondary N) is 2. The summed E-state index contributed by atoms with van der Waals surface area (Å²) < 4.78 is 0. The van der Waals surface area contributed by atoms with Crippen LogP contribution in [0.4, 0.5) is 0 Å². The number of carbonyl (C=O) groups excluding carboxylic acids is 1. The van der Waals surface area contributed by atoms with Gasteiger partial charge in [-0.3, -0.25) is 4.79 Å². The van der Waals surface area contributed by atoms with E-state index >= 15 is 0 Å². The van der Waals surface area contributed by atoms with E-state index in [1.807, 2.05) is 31.2 Å². The fraction of sp³-hybridized carbons (Fsp3) is 0.533. The smallest absolute Gasteiger partial charge is 0.221 e. The Bertz CT molecular complexity index is 409. The minimum Gasteiger partial charge on any atom is -0.354 e. The second-order valence-corrected chi connectivity index (χ2v) is 5.29. The van der Waals surface area contributed by atoms with Crippen LogP contribution in [0, 0.1) is 0 Å². The van der Waals surface area contributed by atoms with Crippen molar-refractivity contribution < 1.29 is 4.79 Å². The molecule has 4 heteroatoms. The molecule has 3 nitrogen and oxygen atoms in total. The van der Waals surface area contributed by atoms with Crippen molar-refractivity contribution in [3.8, 4) is 0 Å². The van der Waals surface area contributed by atoms with E-state index in [2.05, 4.69) is 24.5 Å². The molecule has 0 fully saturated rings. The van der Waals surface area contributed by atoms with Gasteiger partial charge in [0.1, 0.15) is 0 Å². The van der Waals surface area contributed by atoms with E-state index in [1.165, 1.54) is 0 Å². The van der Waals surface area contributed by atoms with Crippen molar-refractivity contribution in [2.24, 2.45) is 0 Å². The van der Waals surface area contributed by atoms with Crippen LogP contribution in [0.15, 0.2) is 24.3 Å². The monoisotopic (exact) mass is 282 g/mol. The van der Waals surface area contributed by atoms with Gasteiger partial charge >= 0.3 is 0 Å². The standard InChI is InChI=1S/C15H23ClN2O/c1-4-11(2)18-15(19)8-9-17-12(3)13-6-5-7-14(16)10-13/h5-7,10-12,17H,4,8-9H2,1-3H3,(H,18,19). The molecule has 0 bridgehead atoms. The molecule has 0 saturated carbocycles. The van der Waals surface area contributed by atoms with Crippen molar-refractivity contribution >= 4 is 17.5 Å². The molecule has 106 valence electrons. The predicted molar refractivity (Wildman–Crippen MR) is 80.4 cm³/mol. The number of carbonyl (C=O) groups is 1. The highest BCUT2D eigenvalue weighted by Crippen LogP contribution is 2.17. The van der Waals surface area contributed by atoms with E-state index in [1.54, 1.807) is 0 Å². The third-order valence-corrected chi connectivity index (χ3v) is 3.41. The summed E-state index contributed by atoms with van der Waals surface area (Å²) in [6, 6.07) is 8.21. The Kier molecular flexibility index (Phi) is 6.89. The third kappa shape index (κ3) is 6.08. The molecule has 0 radical (unpaired) electrons. The van der Waals surface area contributed by atoms with Gasteiger partial charge in [0, 0.05) is 30.1 Å². The second kappa shape index (κ2) is 8.18. The highest BCUT2D eigenvalue weighted by Gasteiger charge is 2.08. The van der Waals surface area contributed by atoms with Gasteiger partial charge in [-0.2, -0.15) is 0 Å². The van der Waals surface area contributed by atoms with Crippen LogP contribution in [-0.2, 0) is 4.79 Å². The van der Waals surface area contributed by atoms with Gasteiger partial charge in [0.05, 0.1) is 0 Å². The lowest BCUT2D eigenvalue weighted by Gasteiger charge is -2.15. The Labute approximate surface area is 120 Å². The summed E-state index contributed by atoms with van der Waals surface area (Å²) in [4.78, 5) is 11.6. The molecule has 0 aliphatic heterocycles. The minimum absolute atomic E-state index is 0.0974. The molecular weight excluding hydrogens is 260 g/mol. The fourth-order valence-electron chi connectivity index (χ4n) is 1.75. The Morgan fingerprint density at radius 2 is 2.11 bits per heavy atom. The van der Waals surface area contributed by atoms with Crippen LogP contribution in [0.25, 0.3) is 0 Å². The van der Waals surface area contributed by atoms with E-state index in [-0.39, 0.29) is 18.0 Å². The molecule has 1 amide bonds. The molecule has 1 rings (SSSR count). The first kappa shape index (κ1) is 16.0. The lowest BCUT2D eigenvalue weighted by atomic mass is 10.1. The van der Waals surface area contributed by atoms with Gasteiger partial charge in [-0.1, -0.05) is 30.7 Å². The van der Waals surface area contributed by atoms with Gasteiger partial charge in [0.2, 0.25) is 5.91 Å². The maximum atomic E-state index is 11.6. The van der Waals surface area contributed by atoms with Gasteiger partial charge < -0.3 is 10.6 Å². The zero-order chi connectivity index (χ0) is 14.3. The SMILES string of the molecule is CCC(C)NC(=O)CCNC(C)c1cccc(Cl)c1. The lowest BCUT2D eigenvalue weighted by Crippen LogP contribution is -2.34. The number of halogens is 1. The molecule has 0 heterocycles. The van der Waals surface area contributed by atoms with Crippen molar-refractivity contribution in [2.75, 3.05) is 6.54 Å². The van der Waals surface area contributed by atoms with Crippen molar-refractivity contribution in [1.82, 2.24) is 10.6 Å². The maximum Gasteiger partial charge on any atom is 0.221 e. The number of hydrogen-bond acceptors (Lipinski definition) is 2. The molecule has 0 aromatic heterocycles. The lowest BCUT2D eigenvalue weighted by molar-refractivity contribution is -0.121. The van der Waals surface area contributed by atoms with Gasteiger partial charge in [-0.05, 0) is 38.0 Å². The topological polar surface area (TPSA) is 41.1 Å². The molecule has 1 aromatic rings. The zero-order valence-corrected chi connectivity index (χ0v) is 12.6. The van der Waals surface area contributed by atoms with Crippen LogP contribution in [0.2, 0.25) is 5.02 Å². The zero-order valence-electron chi connectivity index (χ0n) is 11.9. The van der Waals surface area contributed by atoms with Crippen LogP contribution in [0.1, 0.15) is 45.2 Å². The van der Waals surface area contributed by atoms with Crippen molar-refractivity contribution in [3.63, 3.8) is 0 Å². The summed E-state index contributed by atoms with van der Waals surface area (Å²) in [5, 5.41) is 7.02. The van der Waals surface area contributed by atoms with Crippen LogP contribution in [0.3, 0.4) is 0 Å². The fourth-order valence-corrected chi connectivity index (χ4v) is 1.94.